The first-order chi connectivity index (χ1) is 47.3. The Morgan fingerprint density at radius 1 is 0.416 bits per heavy atom. The highest BCUT2D eigenvalue weighted by atomic mass is 16.6. The largest absolute Gasteiger partial charge is 0.508 e. The topological polar surface area (TPSA) is 403 Å². The molecule has 0 bridgehead atoms. The summed E-state index contributed by atoms with van der Waals surface area (Å²) in [6.07, 6.45) is -1.87. The average molecular weight is 1380 g/mol. The number of nitrogen functional groups attached to an aromatic ring is 1. The van der Waals surface area contributed by atoms with E-state index in [9.17, 15) is 33.9 Å². The zero-order valence-electron chi connectivity index (χ0n) is 59.1. The number of carboxylic acids is 1. The van der Waals surface area contributed by atoms with Crippen LogP contribution in [0.5, 0.6) is 5.75 Å². The van der Waals surface area contributed by atoms with Crippen molar-refractivity contribution in [1.82, 2.24) is 76.7 Å². The van der Waals surface area contributed by atoms with Crippen molar-refractivity contribution in [1.29, 1.82) is 0 Å². The van der Waals surface area contributed by atoms with E-state index in [-0.39, 0.29) is 46.4 Å². The number of hydrogen-bond acceptors (Lipinski definition) is 23. The van der Waals surface area contributed by atoms with Crippen molar-refractivity contribution in [3.8, 4) is 39.9 Å². The molecule has 0 radical (unpaired) electrons. The Bertz CT molecular complexity index is 4070. The van der Waals surface area contributed by atoms with Crippen molar-refractivity contribution in [2.24, 2.45) is 10.8 Å². The molecule has 528 valence electrons. The van der Waals surface area contributed by atoms with E-state index in [2.05, 4.69) is 82.5 Å². The maximum absolute atomic E-state index is 12.7. The van der Waals surface area contributed by atoms with Crippen LogP contribution in [0.25, 0.3) is 34.2 Å². The normalized spacial score (nSPS) is 12.4. The van der Waals surface area contributed by atoms with Crippen LogP contribution < -0.4 is 27.0 Å². The van der Waals surface area contributed by atoms with Gasteiger partial charge in [-0.15, -0.1) is 61.2 Å². The lowest BCUT2D eigenvalue weighted by atomic mass is 9.95. The van der Waals surface area contributed by atoms with E-state index in [1.807, 2.05) is 71.9 Å². The van der Waals surface area contributed by atoms with Crippen LogP contribution in [0.4, 0.5) is 31.4 Å². The van der Waals surface area contributed by atoms with Gasteiger partial charge in [0, 0.05) is 51.6 Å². The molecule has 29 heteroatoms. The highest BCUT2D eigenvalue weighted by molar-refractivity contribution is 5.95. The van der Waals surface area contributed by atoms with Gasteiger partial charge in [0.1, 0.15) is 40.7 Å². The first-order valence-electron chi connectivity index (χ1n) is 31.8. The van der Waals surface area contributed by atoms with Gasteiger partial charge < -0.3 is 51.4 Å². The van der Waals surface area contributed by atoms with Crippen LogP contribution in [-0.4, -0.2) is 136 Å². The van der Waals surface area contributed by atoms with E-state index < -0.39 is 70.0 Å². The lowest BCUT2D eigenvalue weighted by Crippen LogP contribution is -2.38. The van der Waals surface area contributed by atoms with Crippen LogP contribution in [0.15, 0.2) is 152 Å². The Morgan fingerprint density at radius 2 is 0.752 bits per heavy atom. The quantitative estimate of drug-likeness (QED) is 0.0370. The molecule has 0 aliphatic carbocycles. The molecule has 8 N–H and O–H groups in total. The number of carbonyl (C=O) groups excluding carboxylic acids is 5. The highest BCUT2D eigenvalue weighted by Crippen LogP contribution is 2.30. The number of phenols is 1. The predicted octanol–water partition coefficient (Wildman–Crippen LogP) is 11.9. The van der Waals surface area contributed by atoms with E-state index in [1.54, 1.807) is 166 Å². The number of nitrogens with zero attached hydrogens (tertiary/aromatic N) is 13. The van der Waals surface area contributed by atoms with Crippen molar-refractivity contribution in [3.63, 3.8) is 0 Å². The number of ether oxygens (including phenoxy) is 3. The lowest BCUT2D eigenvalue weighted by molar-refractivity contribution is -0.123. The van der Waals surface area contributed by atoms with Gasteiger partial charge in [0.15, 0.2) is 11.6 Å². The van der Waals surface area contributed by atoms with Crippen molar-refractivity contribution >= 4 is 53.1 Å². The molecule has 0 saturated carbocycles. The Hall–Kier alpha value is -12.0. The molecule has 6 aromatic carbocycles. The number of phenolic OH excluding ortho intramolecular Hbond substituents is 1. The lowest BCUT2D eigenvalue weighted by Gasteiger charge is -2.29. The number of anilines is 3. The van der Waals surface area contributed by atoms with Crippen LogP contribution in [0.1, 0.15) is 167 Å². The van der Waals surface area contributed by atoms with Crippen LogP contribution in [-0.2, 0) is 23.8 Å². The summed E-state index contributed by atoms with van der Waals surface area (Å²) in [5.41, 5.74) is 8.75. The number of nitrogens with one attached hydrogen (secondary N) is 4. The molecule has 3 atom stereocenters. The minimum absolute atomic E-state index is 0.0828. The van der Waals surface area contributed by atoms with Crippen LogP contribution >= 0.6 is 0 Å². The van der Waals surface area contributed by atoms with E-state index >= 15 is 0 Å². The zero-order chi connectivity index (χ0) is 74.2. The number of aromatic nitrogens is 12. The summed E-state index contributed by atoms with van der Waals surface area (Å²) in [6, 6.07) is 40.4. The van der Waals surface area contributed by atoms with Crippen molar-refractivity contribution in [3.05, 3.63) is 191 Å². The van der Waals surface area contributed by atoms with E-state index in [1.165, 1.54) is 29.2 Å². The number of aromatic hydroxyl groups is 1. The number of rotatable bonds is 15. The van der Waals surface area contributed by atoms with Crippen LogP contribution in [0, 0.1) is 10.8 Å². The Labute approximate surface area is 584 Å². The molecule has 0 aliphatic heterocycles. The van der Waals surface area contributed by atoms with Crippen LogP contribution in [0.2, 0.25) is 0 Å². The molecule has 3 aromatic heterocycles. The third kappa shape index (κ3) is 23.3. The second-order valence-electron chi connectivity index (χ2n) is 28.0. The number of alkyl carbamates (subject to hydrolysis) is 2. The number of nitrogens with two attached hydrogens (primary N) is 1. The summed E-state index contributed by atoms with van der Waals surface area (Å²) in [5.74, 6) is 0.320. The fraction of sp³-hybridized carbons (Fsp3) is 0.333. The predicted molar refractivity (Wildman–Crippen MR) is 376 cm³/mol. The maximum Gasteiger partial charge on any atom is 0.410 e. The van der Waals surface area contributed by atoms with Crippen molar-refractivity contribution < 1.29 is 53.2 Å². The first kappa shape index (κ1) is 76.3. The van der Waals surface area contributed by atoms with Crippen molar-refractivity contribution in [2.75, 3.05) is 23.4 Å². The number of hydrogen-bond donors (Lipinski definition) is 7. The molecule has 9 rings (SSSR count). The summed E-state index contributed by atoms with van der Waals surface area (Å²) in [4.78, 5) is 74.5. The second kappa shape index (κ2) is 32.5. The smallest absolute Gasteiger partial charge is 0.410 e. The molecular formula is C72H84N18O11. The molecule has 29 nitrogen and oxygen atoms in total. The van der Waals surface area contributed by atoms with Gasteiger partial charge >= 0.3 is 24.2 Å². The van der Waals surface area contributed by atoms with E-state index in [0.717, 1.165) is 5.56 Å². The standard InChI is InChI=1S/C25H31N7O3.C25H30N6O4.C22H23N5O4/c1-24(2,3)22(33)27-18-13-9-16(10-14-18)20-29-31-21(32-30-20)19(15-7-11-17(26)12-8-15)28-23(34)35-25(4,5)6;1-24(2,3)22(33)26-17-11-7-16(8-12-17)20-28-30-21(31-29-20)19(15-9-13-18(32)14-10-15)27-23(34)35-25(4,5)6;1-22(2,3)31-21(30)27(4)17(14-10-12-16(13-11-14)20(28)29)19-25-23-18(24-26-19)15-8-6-5-7-9-15/h7-14,19H,26H2,1-6H3,(H,27,33)(H,28,34);7-14,19,32H,1-6H3,(H,26,33)(H,27,34);5-13,17H,1-4H3,(H,28,29). The third-order valence-corrected chi connectivity index (χ3v) is 13.8. The van der Waals surface area contributed by atoms with Gasteiger partial charge in [-0.3, -0.25) is 14.5 Å². The van der Waals surface area contributed by atoms with Gasteiger partial charge in [-0.25, -0.2) is 19.2 Å². The maximum atomic E-state index is 12.7. The van der Waals surface area contributed by atoms with Gasteiger partial charge in [-0.05, 0) is 164 Å². The number of benzene rings is 6. The van der Waals surface area contributed by atoms with Crippen LogP contribution in [0.3, 0.4) is 0 Å². The second-order valence-corrected chi connectivity index (χ2v) is 28.0. The van der Waals surface area contributed by atoms with E-state index in [0.29, 0.717) is 56.5 Å². The SMILES string of the molecule is CC(C)(C)OC(=O)NC(c1ccc(N)cc1)c1nnc(-c2ccc(NC(=O)C(C)(C)C)cc2)nn1.CC(C)(C)OC(=O)NC(c1ccc(O)cc1)c1nnc(-c2ccc(NC(=O)C(C)(C)C)cc2)nn1.CN(C(=O)OC(C)(C)C)C(c1ccc(C(=O)O)cc1)c1nnc(-c2ccccc2)nn1. The molecule has 101 heavy (non-hydrogen) atoms. The molecule has 0 spiro atoms. The zero-order valence-corrected chi connectivity index (χ0v) is 59.1. The Kier molecular flexibility index (Phi) is 24.6. The fourth-order valence-corrected chi connectivity index (χ4v) is 8.62. The molecule has 9 aromatic rings. The van der Waals surface area contributed by atoms with Gasteiger partial charge in [0.25, 0.3) is 0 Å². The molecule has 0 saturated heterocycles. The summed E-state index contributed by atoms with van der Waals surface area (Å²) >= 11 is 0. The number of carbonyl (C=O) groups is 6. The first-order valence-corrected chi connectivity index (χ1v) is 31.8. The number of aromatic carboxylic acids is 1. The number of amides is 5. The number of carboxylic acid groups (broad SMARTS) is 1. The van der Waals surface area contributed by atoms with E-state index in [4.69, 9.17) is 25.1 Å². The molecule has 0 fully saturated rings. The summed E-state index contributed by atoms with van der Waals surface area (Å²) in [7, 11) is 1.55. The summed E-state index contributed by atoms with van der Waals surface area (Å²) in [5, 5.41) is 80.3. The molecule has 0 aliphatic rings. The average Bonchev–Trinajstić information content (AvgIpc) is 0.815. The van der Waals surface area contributed by atoms with Gasteiger partial charge in [-0.2, -0.15) is 0 Å². The minimum atomic E-state index is -1.05. The molecule has 5 amide bonds. The van der Waals surface area contributed by atoms with Crippen molar-refractivity contribution in [2.45, 2.75) is 139 Å². The van der Waals surface area contributed by atoms with Gasteiger partial charge in [0.2, 0.25) is 35.1 Å². The Balaban J connectivity index is 0.000000213. The fourth-order valence-electron chi connectivity index (χ4n) is 8.62. The highest BCUT2D eigenvalue weighted by Gasteiger charge is 2.32. The minimum Gasteiger partial charge on any atom is -0.508 e. The van der Waals surface area contributed by atoms with Gasteiger partial charge in [0.05, 0.1) is 5.56 Å². The summed E-state index contributed by atoms with van der Waals surface area (Å²) in [6.45, 7) is 27.0. The molecule has 3 heterocycles. The Morgan fingerprint density at radius 3 is 1.10 bits per heavy atom. The van der Waals surface area contributed by atoms with Gasteiger partial charge in [-0.1, -0.05) is 108 Å². The summed E-state index contributed by atoms with van der Waals surface area (Å²) < 4.78 is 16.2. The molecule has 3 unspecified atom stereocenters. The molecular weight excluding hydrogens is 1290 g/mol. The third-order valence-electron chi connectivity index (χ3n) is 13.8. The monoisotopic (exact) mass is 1380 g/mol.